The van der Waals surface area contributed by atoms with Crippen molar-refractivity contribution < 1.29 is 14.3 Å². The fourth-order valence-electron chi connectivity index (χ4n) is 4.46. The summed E-state index contributed by atoms with van der Waals surface area (Å²) in [7, 11) is 1.59. The average Bonchev–Trinajstić information content (AvgIpc) is 2.80. The highest BCUT2D eigenvalue weighted by atomic mass is 16.5. The van der Waals surface area contributed by atoms with Gasteiger partial charge in [-0.05, 0) is 68.7 Å². The molecule has 0 aromatic heterocycles. The van der Waals surface area contributed by atoms with E-state index in [1.807, 2.05) is 32.0 Å². The number of benzene rings is 1. The lowest BCUT2D eigenvalue weighted by atomic mass is 9.88. The van der Waals surface area contributed by atoms with Gasteiger partial charge in [0.1, 0.15) is 5.75 Å². The first-order chi connectivity index (χ1) is 15.1. The highest BCUT2D eigenvalue weighted by Gasteiger charge is 2.23. The van der Waals surface area contributed by atoms with Crippen LogP contribution >= 0.6 is 0 Å². The van der Waals surface area contributed by atoms with E-state index in [0.717, 1.165) is 36.4 Å². The number of piperidine rings is 1. The number of methoxy groups -OCH3 is 1. The summed E-state index contributed by atoms with van der Waals surface area (Å²) in [6.07, 6.45) is 10.4. The van der Waals surface area contributed by atoms with Crippen LogP contribution in [0.4, 0.5) is 0 Å². The van der Waals surface area contributed by atoms with Crippen molar-refractivity contribution in [2.75, 3.05) is 40.0 Å². The molecule has 1 unspecified atom stereocenters. The van der Waals surface area contributed by atoms with Crippen LogP contribution in [-0.2, 0) is 16.0 Å². The van der Waals surface area contributed by atoms with Crippen molar-refractivity contribution in [1.29, 1.82) is 0 Å². The van der Waals surface area contributed by atoms with E-state index in [0.29, 0.717) is 0 Å². The van der Waals surface area contributed by atoms with Gasteiger partial charge in [0.05, 0.1) is 20.1 Å². The topological polar surface area (TPSA) is 64.8 Å². The Bertz CT molecular complexity index is 588. The molecule has 0 radical (unpaired) electrons. The van der Waals surface area contributed by atoms with Crippen molar-refractivity contribution in [1.82, 2.24) is 4.90 Å². The van der Waals surface area contributed by atoms with Crippen LogP contribution in [0, 0.1) is 11.8 Å². The van der Waals surface area contributed by atoms with E-state index in [1.165, 1.54) is 64.6 Å². The molecule has 1 saturated carbocycles. The quantitative estimate of drug-likeness (QED) is 0.621. The molecule has 5 heteroatoms. The minimum absolute atomic E-state index is 0.261. The Morgan fingerprint density at radius 3 is 2.45 bits per heavy atom. The van der Waals surface area contributed by atoms with E-state index in [9.17, 15) is 4.79 Å². The van der Waals surface area contributed by atoms with Gasteiger partial charge in [0.2, 0.25) is 5.91 Å². The Labute approximate surface area is 190 Å². The summed E-state index contributed by atoms with van der Waals surface area (Å²) in [6, 6.07) is 7.29. The van der Waals surface area contributed by atoms with Gasteiger partial charge >= 0.3 is 0 Å². The zero-order valence-corrected chi connectivity index (χ0v) is 20.4. The number of rotatable bonds is 8. The molecule has 2 N–H and O–H groups in total. The second-order valence-electron chi connectivity index (χ2n) is 8.43. The van der Waals surface area contributed by atoms with Crippen LogP contribution in [-0.4, -0.2) is 50.8 Å². The van der Waals surface area contributed by atoms with Crippen LogP contribution in [0.5, 0.6) is 5.75 Å². The molecule has 178 valence electrons. The van der Waals surface area contributed by atoms with Gasteiger partial charge in [-0.2, -0.15) is 0 Å². The van der Waals surface area contributed by atoms with Crippen LogP contribution < -0.4 is 10.5 Å². The summed E-state index contributed by atoms with van der Waals surface area (Å²) in [6.45, 7) is 11.9. The van der Waals surface area contributed by atoms with Crippen molar-refractivity contribution in [3.05, 3.63) is 29.8 Å². The van der Waals surface area contributed by atoms with Crippen molar-refractivity contribution in [3.8, 4) is 5.75 Å². The van der Waals surface area contributed by atoms with Gasteiger partial charge in [0.15, 0.2) is 0 Å². The Morgan fingerprint density at radius 2 is 1.81 bits per heavy atom. The number of amides is 1. The standard InChI is InChI=1S/C15H29NO.C9H11NO2.C2H6/c1-2-17-13-15-9-6-10-16(12-15)11-14-7-4-3-5-8-14;1-12-8-4-2-3-7(5-8)6-9(10)11;1-2/h14-15H,2-13H2,1H3;2-5H,6H2,1H3,(H2,10,11);1-2H3. The number of nitrogens with zero attached hydrogens (tertiary/aromatic N) is 1. The van der Waals surface area contributed by atoms with Gasteiger partial charge in [-0.15, -0.1) is 0 Å². The highest BCUT2D eigenvalue weighted by Crippen LogP contribution is 2.26. The third kappa shape index (κ3) is 12.1. The summed E-state index contributed by atoms with van der Waals surface area (Å²) in [5.41, 5.74) is 5.91. The van der Waals surface area contributed by atoms with Gasteiger partial charge in [-0.1, -0.05) is 45.2 Å². The number of hydrogen-bond donors (Lipinski definition) is 1. The Balaban J connectivity index is 0.000000303. The fourth-order valence-corrected chi connectivity index (χ4v) is 4.46. The maximum Gasteiger partial charge on any atom is 0.221 e. The maximum absolute atomic E-state index is 10.5. The van der Waals surface area contributed by atoms with E-state index in [2.05, 4.69) is 11.8 Å². The molecule has 1 atom stereocenters. The summed E-state index contributed by atoms with van der Waals surface area (Å²) < 4.78 is 10.6. The van der Waals surface area contributed by atoms with Gasteiger partial charge in [-0.3, -0.25) is 4.79 Å². The maximum atomic E-state index is 10.5. The molecule has 31 heavy (non-hydrogen) atoms. The number of likely N-dealkylation sites (tertiary alicyclic amines) is 1. The minimum Gasteiger partial charge on any atom is -0.497 e. The third-order valence-corrected chi connectivity index (χ3v) is 5.91. The van der Waals surface area contributed by atoms with Crippen LogP contribution in [0.3, 0.4) is 0 Å². The average molecular weight is 435 g/mol. The number of hydrogen-bond acceptors (Lipinski definition) is 4. The molecule has 1 amide bonds. The SMILES string of the molecule is CC.CCOCC1CCCN(CC2CCCCC2)C1.COc1cccc(CC(N)=O)c1. The summed E-state index contributed by atoms with van der Waals surface area (Å²) in [4.78, 5) is 13.3. The number of ether oxygens (including phenoxy) is 2. The lowest BCUT2D eigenvalue weighted by Crippen LogP contribution is -2.40. The van der Waals surface area contributed by atoms with Gasteiger partial charge < -0.3 is 20.1 Å². The molecule has 0 bridgehead atoms. The largest absolute Gasteiger partial charge is 0.497 e. The van der Waals surface area contributed by atoms with Crippen molar-refractivity contribution in [3.63, 3.8) is 0 Å². The molecule has 1 saturated heterocycles. The Kier molecular flexibility index (Phi) is 15.1. The summed E-state index contributed by atoms with van der Waals surface area (Å²) in [5, 5.41) is 0. The fraction of sp³-hybridized carbons (Fsp3) is 0.731. The smallest absolute Gasteiger partial charge is 0.221 e. The predicted octanol–water partition coefficient (Wildman–Crippen LogP) is 5.06. The number of nitrogens with two attached hydrogens (primary N) is 1. The molecule has 1 aromatic carbocycles. The first kappa shape index (κ1) is 27.4. The van der Waals surface area contributed by atoms with Crippen LogP contribution in [0.15, 0.2) is 24.3 Å². The molecule has 1 aromatic rings. The molecular formula is C26H46N2O3. The first-order valence-electron chi connectivity index (χ1n) is 12.3. The van der Waals surface area contributed by atoms with Crippen LogP contribution in [0.2, 0.25) is 0 Å². The number of primary amides is 1. The minimum atomic E-state index is -0.330. The third-order valence-electron chi connectivity index (χ3n) is 5.91. The molecule has 2 aliphatic rings. The lowest BCUT2D eigenvalue weighted by molar-refractivity contribution is -0.117. The molecule has 3 rings (SSSR count). The van der Waals surface area contributed by atoms with E-state index in [-0.39, 0.29) is 12.3 Å². The van der Waals surface area contributed by atoms with Crippen LogP contribution in [0.25, 0.3) is 0 Å². The molecule has 1 heterocycles. The van der Waals surface area contributed by atoms with E-state index in [4.69, 9.17) is 15.2 Å². The van der Waals surface area contributed by atoms with Gasteiger partial charge in [0.25, 0.3) is 0 Å². The Hall–Kier alpha value is -1.59. The lowest BCUT2D eigenvalue weighted by Gasteiger charge is -2.35. The number of carbonyl (C=O) groups is 1. The van der Waals surface area contributed by atoms with Crippen molar-refractivity contribution >= 4 is 5.91 Å². The monoisotopic (exact) mass is 434 g/mol. The predicted molar refractivity (Wildman–Crippen MR) is 129 cm³/mol. The van der Waals surface area contributed by atoms with E-state index < -0.39 is 0 Å². The second kappa shape index (κ2) is 17.0. The van der Waals surface area contributed by atoms with Crippen LogP contribution in [0.1, 0.15) is 71.3 Å². The molecule has 1 aliphatic carbocycles. The first-order valence-corrected chi connectivity index (χ1v) is 12.3. The molecule has 2 fully saturated rings. The Morgan fingerprint density at radius 1 is 1.10 bits per heavy atom. The van der Waals surface area contributed by atoms with E-state index in [1.54, 1.807) is 13.2 Å². The number of carbonyl (C=O) groups excluding carboxylic acids is 1. The van der Waals surface area contributed by atoms with Crippen molar-refractivity contribution in [2.24, 2.45) is 17.6 Å². The van der Waals surface area contributed by atoms with Gasteiger partial charge in [0, 0.05) is 19.7 Å². The summed E-state index contributed by atoms with van der Waals surface area (Å²) in [5.74, 6) is 2.21. The van der Waals surface area contributed by atoms with E-state index >= 15 is 0 Å². The normalized spacial score (nSPS) is 19.4. The summed E-state index contributed by atoms with van der Waals surface area (Å²) >= 11 is 0. The molecular weight excluding hydrogens is 388 g/mol. The molecule has 0 spiro atoms. The highest BCUT2D eigenvalue weighted by molar-refractivity contribution is 5.76. The van der Waals surface area contributed by atoms with Gasteiger partial charge in [-0.25, -0.2) is 0 Å². The molecule has 5 nitrogen and oxygen atoms in total. The second-order valence-corrected chi connectivity index (χ2v) is 8.43. The zero-order chi connectivity index (χ0) is 22.9. The van der Waals surface area contributed by atoms with Crippen molar-refractivity contribution in [2.45, 2.75) is 72.1 Å². The zero-order valence-electron chi connectivity index (χ0n) is 20.4. The molecule has 1 aliphatic heterocycles.